The summed E-state index contributed by atoms with van der Waals surface area (Å²) >= 11 is 5.91. The Morgan fingerprint density at radius 2 is 2.12 bits per heavy atom. The molecule has 2 unspecified atom stereocenters. The molecule has 0 saturated carbocycles. The monoisotopic (exact) mass is 245 g/mol. The summed E-state index contributed by atoms with van der Waals surface area (Å²) in [6.07, 6.45) is 0. The molecule has 1 aromatic rings. The van der Waals surface area contributed by atoms with E-state index in [-0.39, 0.29) is 0 Å². The van der Waals surface area contributed by atoms with Gasteiger partial charge in [0.2, 0.25) is 0 Å². The molecule has 2 atom stereocenters. The molecule has 0 bridgehead atoms. The lowest BCUT2D eigenvalue weighted by Crippen LogP contribution is -2.26. The van der Waals surface area contributed by atoms with E-state index in [4.69, 9.17) is 22.4 Å². The Morgan fingerprint density at radius 3 is 2.62 bits per heavy atom. The molecule has 3 nitrogen and oxygen atoms in total. The molecule has 0 aromatic heterocycles. The van der Waals surface area contributed by atoms with Crippen LogP contribution in [0.5, 0.6) is 0 Å². The second-order valence-electron chi connectivity index (χ2n) is 3.78. The number of hydrogen-bond donors (Lipinski definition) is 2. The predicted molar refractivity (Wildman–Crippen MR) is 59.9 cm³/mol. The Balaban J connectivity index is 3.13. The first-order chi connectivity index (χ1) is 7.34. The van der Waals surface area contributed by atoms with E-state index in [0.29, 0.717) is 16.1 Å². The van der Waals surface area contributed by atoms with Gasteiger partial charge < -0.3 is 10.8 Å². The van der Waals surface area contributed by atoms with E-state index in [1.807, 2.05) is 0 Å². The topological polar surface area (TPSA) is 63.3 Å². The van der Waals surface area contributed by atoms with Crippen molar-refractivity contribution in [1.29, 1.82) is 0 Å². The van der Waals surface area contributed by atoms with Crippen LogP contribution in [0.1, 0.15) is 24.1 Å². The molecular weight excluding hydrogens is 233 g/mol. The molecule has 88 valence electrons. The molecule has 0 fully saturated rings. The average molecular weight is 246 g/mol. The van der Waals surface area contributed by atoms with E-state index in [0.717, 1.165) is 0 Å². The summed E-state index contributed by atoms with van der Waals surface area (Å²) in [5, 5.41) is 9.10. The molecule has 16 heavy (non-hydrogen) atoms. The lowest BCUT2D eigenvalue weighted by atomic mass is 9.94. The molecule has 0 heterocycles. The van der Waals surface area contributed by atoms with Gasteiger partial charge in [-0.15, -0.1) is 0 Å². The number of rotatable bonds is 3. The van der Waals surface area contributed by atoms with E-state index < -0.39 is 23.7 Å². The smallest absolute Gasteiger partial charge is 0.308 e. The first-order valence-corrected chi connectivity index (χ1v) is 5.16. The Bertz CT molecular complexity index is 423. The van der Waals surface area contributed by atoms with Gasteiger partial charge in [0.15, 0.2) is 0 Å². The Labute approximate surface area is 98.0 Å². The van der Waals surface area contributed by atoms with Crippen LogP contribution < -0.4 is 5.73 Å². The highest BCUT2D eigenvalue weighted by molar-refractivity contribution is 6.31. The number of nitrogens with two attached hydrogens (primary N) is 1. The van der Waals surface area contributed by atoms with E-state index in [1.165, 1.54) is 19.1 Å². The molecule has 0 aliphatic carbocycles. The van der Waals surface area contributed by atoms with Crippen LogP contribution in [0.15, 0.2) is 12.1 Å². The second kappa shape index (κ2) is 4.80. The van der Waals surface area contributed by atoms with Gasteiger partial charge in [0.1, 0.15) is 5.82 Å². The zero-order chi connectivity index (χ0) is 12.5. The van der Waals surface area contributed by atoms with Crippen LogP contribution in [-0.4, -0.2) is 11.1 Å². The third-order valence-corrected chi connectivity index (χ3v) is 2.89. The molecule has 0 aliphatic heterocycles. The summed E-state index contributed by atoms with van der Waals surface area (Å²) in [4.78, 5) is 10.8. The van der Waals surface area contributed by atoms with Crippen molar-refractivity contribution >= 4 is 17.6 Å². The van der Waals surface area contributed by atoms with Gasteiger partial charge in [0.05, 0.1) is 5.92 Å². The van der Waals surface area contributed by atoms with Crippen molar-refractivity contribution in [2.75, 3.05) is 0 Å². The minimum atomic E-state index is -1.04. The third kappa shape index (κ3) is 2.51. The van der Waals surface area contributed by atoms with Crippen LogP contribution in [0.25, 0.3) is 0 Å². The van der Waals surface area contributed by atoms with Crippen molar-refractivity contribution < 1.29 is 14.3 Å². The number of halogens is 2. The number of carbonyl (C=O) groups is 1. The first kappa shape index (κ1) is 12.9. The maximum Gasteiger partial charge on any atom is 0.308 e. The van der Waals surface area contributed by atoms with Crippen LogP contribution in [0.3, 0.4) is 0 Å². The van der Waals surface area contributed by atoms with Crippen LogP contribution in [0, 0.1) is 18.7 Å². The summed E-state index contributed by atoms with van der Waals surface area (Å²) in [5.74, 6) is -2.29. The summed E-state index contributed by atoms with van der Waals surface area (Å²) in [7, 11) is 0. The lowest BCUT2D eigenvalue weighted by molar-refractivity contribution is -0.141. The highest BCUT2D eigenvalue weighted by Crippen LogP contribution is 2.28. The highest BCUT2D eigenvalue weighted by atomic mass is 35.5. The second-order valence-corrected chi connectivity index (χ2v) is 4.18. The molecular formula is C11H13ClFNO2. The molecule has 0 aliphatic rings. The van der Waals surface area contributed by atoms with Gasteiger partial charge in [0.25, 0.3) is 0 Å². The van der Waals surface area contributed by atoms with Crippen LogP contribution >= 0.6 is 11.6 Å². The summed E-state index contributed by atoms with van der Waals surface area (Å²) in [5.41, 5.74) is 6.45. The Kier molecular flexibility index (Phi) is 3.88. The van der Waals surface area contributed by atoms with E-state index in [9.17, 15) is 9.18 Å². The highest BCUT2D eigenvalue weighted by Gasteiger charge is 2.24. The van der Waals surface area contributed by atoms with Gasteiger partial charge in [0, 0.05) is 11.1 Å². The van der Waals surface area contributed by atoms with Crippen molar-refractivity contribution in [2.45, 2.75) is 19.9 Å². The number of benzene rings is 1. The molecule has 1 aromatic carbocycles. The fourth-order valence-corrected chi connectivity index (χ4v) is 1.68. The van der Waals surface area contributed by atoms with Crippen molar-refractivity contribution in [2.24, 2.45) is 11.7 Å². The van der Waals surface area contributed by atoms with Gasteiger partial charge in [-0.25, -0.2) is 4.39 Å². The molecule has 1 rings (SSSR count). The fraction of sp³-hybridized carbons (Fsp3) is 0.364. The van der Waals surface area contributed by atoms with E-state index in [2.05, 4.69) is 0 Å². The third-order valence-electron chi connectivity index (χ3n) is 2.57. The number of aliphatic carboxylic acids is 1. The minimum Gasteiger partial charge on any atom is -0.481 e. The Hall–Kier alpha value is -1.13. The van der Waals surface area contributed by atoms with Gasteiger partial charge in [-0.2, -0.15) is 0 Å². The van der Waals surface area contributed by atoms with Crippen molar-refractivity contribution in [3.8, 4) is 0 Å². The van der Waals surface area contributed by atoms with E-state index >= 15 is 0 Å². The summed E-state index contributed by atoms with van der Waals surface area (Å²) in [6, 6.07) is 1.82. The molecule has 0 radical (unpaired) electrons. The summed E-state index contributed by atoms with van der Waals surface area (Å²) < 4.78 is 13.3. The zero-order valence-electron chi connectivity index (χ0n) is 9.00. The number of hydrogen-bond acceptors (Lipinski definition) is 2. The number of carboxylic acid groups (broad SMARTS) is 1. The standard InChI is InChI=1S/C11H13ClFNO2/c1-5-3-8(12)7(4-9(5)13)10(14)6(2)11(15)16/h3-4,6,10H,14H2,1-2H3,(H,15,16). The zero-order valence-corrected chi connectivity index (χ0v) is 9.75. The SMILES string of the molecule is Cc1cc(Cl)c(C(N)C(C)C(=O)O)cc1F. The molecule has 3 N–H and O–H groups in total. The number of carboxylic acids is 1. The minimum absolute atomic E-state index is 0.291. The quantitative estimate of drug-likeness (QED) is 0.860. The van der Waals surface area contributed by atoms with Gasteiger partial charge >= 0.3 is 5.97 Å². The lowest BCUT2D eigenvalue weighted by Gasteiger charge is -2.18. The van der Waals surface area contributed by atoms with Crippen molar-refractivity contribution in [3.63, 3.8) is 0 Å². The maximum absolute atomic E-state index is 13.3. The largest absolute Gasteiger partial charge is 0.481 e. The number of aryl methyl sites for hydroxylation is 1. The fourth-order valence-electron chi connectivity index (χ4n) is 1.34. The molecule has 0 saturated heterocycles. The predicted octanol–water partition coefficient (Wildman–Crippen LogP) is 2.51. The first-order valence-electron chi connectivity index (χ1n) is 4.78. The summed E-state index contributed by atoms with van der Waals surface area (Å²) in [6.45, 7) is 3.04. The molecule has 0 spiro atoms. The van der Waals surface area contributed by atoms with Crippen LogP contribution in [0.2, 0.25) is 5.02 Å². The Morgan fingerprint density at radius 1 is 1.56 bits per heavy atom. The van der Waals surface area contributed by atoms with E-state index in [1.54, 1.807) is 6.92 Å². The molecule has 0 amide bonds. The van der Waals surface area contributed by atoms with Crippen molar-refractivity contribution in [3.05, 3.63) is 34.1 Å². The van der Waals surface area contributed by atoms with Crippen LogP contribution in [0.4, 0.5) is 4.39 Å². The van der Waals surface area contributed by atoms with Gasteiger partial charge in [-0.05, 0) is 30.2 Å². The van der Waals surface area contributed by atoms with Gasteiger partial charge in [-0.3, -0.25) is 4.79 Å². The normalized spacial score (nSPS) is 14.6. The maximum atomic E-state index is 13.3. The van der Waals surface area contributed by atoms with Crippen molar-refractivity contribution in [1.82, 2.24) is 0 Å². The van der Waals surface area contributed by atoms with Gasteiger partial charge in [-0.1, -0.05) is 18.5 Å². The van der Waals surface area contributed by atoms with Crippen LogP contribution in [-0.2, 0) is 4.79 Å². The molecule has 5 heteroatoms. The average Bonchev–Trinajstić information content (AvgIpc) is 2.21.